The number of nitrogens with zero attached hydrogens (tertiary/aromatic N) is 5. The first kappa shape index (κ1) is 34.6. The fourth-order valence-corrected chi connectivity index (χ4v) is 8.15. The molecule has 1 aliphatic heterocycles. The molecule has 2 aliphatic carbocycles. The zero-order valence-electron chi connectivity index (χ0n) is 29.4. The van der Waals surface area contributed by atoms with Gasteiger partial charge in [-0.3, -0.25) is 0 Å². The summed E-state index contributed by atoms with van der Waals surface area (Å²) in [6, 6.07) is 6.74. The molecule has 3 aromatic heterocycles. The lowest BCUT2D eigenvalue weighted by Crippen LogP contribution is -2.44. The maximum absolute atomic E-state index is 15.7. The quantitative estimate of drug-likeness (QED) is 0.214. The highest BCUT2D eigenvalue weighted by Gasteiger charge is 2.75. The van der Waals surface area contributed by atoms with Crippen molar-refractivity contribution in [1.29, 1.82) is 0 Å². The molecule has 4 aromatic rings. The number of benzene rings is 1. The van der Waals surface area contributed by atoms with Crippen molar-refractivity contribution in [2.24, 2.45) is 11.3 Å². The predicted molar refractivity (Wildman–Crippen MR) is 188 cm³/mol. The van der Waals surface area contributed by atoms with Gasteiger partial charge in [0.25, 0.3) is 0 Å². The molecule has 1 saturated heterocycles. The number of rotatable bonds is 5. The Morgan fingerprint density at radius 2 is 1.74 bits per heavy atom. The van der Waals surface area contributed by atoms with Crippen molar-refractivity contribution in [3.8, 4) is 0 Å². The first-order valence-corrected chi connectivity index (χ1v) is 17.5. The maximum atomic E-state index is 15.7. The van der Waals surface area contributed by atoms with Gasteiger partial charge in [-0.15, -0.1) is 0 Å². The lowest BCUT2D eigenvalue weighted by atomic mass is 9.91. The van der Waals surface area contributed by atoms with E-state index in [1.807, 2.05) is 26.1 Å². The third-order valence-corrected chi connectivity index (χ3v) is 10.2. The second-order valence-electron chi connectivity index (χ2n) is 16.0. The Balaban J connectivity index is 1.20. The largest absolute Gasteiger partial charge is 0.443 e. The van der Waals surface area contributed by atoms with E-state index in [0.717, 1.165) is 34.3 Å². The first-order valence-electron chi connectivity index (χ1n) is 16.7. The summed E-state index contributed by atoms with van der Waals surface area (Å²) in [5.41, 5.74) is 5.92. The molecular weight excluding hydrogens is 711 g/mol. The van der Waals surface area contributed by atoms with Crippen molar-refractivity contribution in [2.45, 2.75) is 110 Å². The number of amides is 2. The standard InChI is InChI=1S/C36H42BrFN6O6/c1-33(2,3)49-31(45)44(32(46)50-34(4,5)6)30-22(37)15-20-23(38)13-18(14-24(20)42-30)9-11-36-16-21(36)25(26-27(36)48-35(7,8)47-26)43-12-10-19-28(39)40-17-41-29(19)43/h10,12-15,17,21,25-27H,9,11,16H2,1-8H3,(H2,39,40,41)/t21-,25-,26?,27?,36?/m1/s1. The van der Waals surface area contributed by atoms with Gasteiger partial charge in [-0.1, -0.05) is 0 Å². The van der Waals surface area contributed by atoms with Crippen LogP contribution in [0.15, 0.2) is 41.3 Å². The number of nitrogens with two attached hydrogens (primary N) is 1. The van der Waals surface area contributed by atoms with E-state index in [0.29, 0.717) is 12.2 Å². The number of hydrogen-bond donors (Lipinski definition) is 1. The van der Waals surface area contributed by atoms with Gasteiger partial charge in [0.15, 0.2) is 11.6 Å². The zero-order chi connectivity index (χ0) is 36.1. The summed E-state index contributed by atoms with van der Waals surface area (Å²) in [4.78, 5) is 40.8. The van der Waals surface area contributed by atoms with Gasteiger partial charge in [-0.25, -0.2) is 28.9 Å². The minimum Gasteiger partial charge on any atom is -0.443 e. The number of fused-ring (bicyclic) bond motifs is 5. The average Bonchev–Trinajstić information content (AvgIpc) is 3.22. The fourth-order valence-electron chi connectivity index (χ4n) is 7.66. The highest BCUT2D eigenvalue weighted by Crippen LogP contribution is 2.73. The highest BCUT2D eigenvalue weighted by atomic mass is 79.9. The van der Waals surface area contributed by atoms with Crippen LogP contribution in [0.1, 0.15) is 79.8 Å². The van der Waals surface area contributed by atoms with Crippen LogP contribution in [0.3, 0.4) is 0 Å². The van der Waals surface area contributed by atoms with Crippen molar-refractivity contribution in [1.82, 2.24) is 19.5 Å². The number of pyridine rings is 1. The van der Waals surface area contributed by atoms with Crippen molar-refractivity contribution in [3.63, 3.8) is 0 Å². The summed E-state index contributed by atoms with van der Waals surface area (Å²) in [5.74, 6) is -0.619. The molecule has 3 unspecified atom stereocenters. The number of ether oxygens (including phenoxy) is 4. The number of halogens is 2. The number of imide groups is 1. The molecule has 1 aromatic carbocycles. The highest BCUT2D eigenvalue weighted by molar-refractivity contribution is 9.10. The molecule has 12 nitrogen and oxygen atoms in total. The molecule has 0 radical (unpaired) electrons. The van der Waals surface area contributed by atoms with Gasteiger partial charge in [0.2, 0.25) is 0 Å². The molecule has 4 heterocycles. The summed E-state index contributed by atoms with van der Waals surface area (Å²) in [6.07, 6.45) is 3.37. The van der Waals surface area contributed by atoms with Crippen LogP contribution in [0.2, 0.25) is 0 Å². The lowest BCUT2D eigenvalue weighted by molar-refractivity contribution is -0.161. The Hall–Kier alpha value is -3.88. The Morgan fingerprint density at radius 1 is 1.06 bits per heavy atom. The number of anilines is 2. The third-order valence-electron chi connectivity index (χ3n) is 9.61. The van der Waals surface area contributed by atoms with Crippen molar-refractivity contribution in [3.05, 3.63) is 52.6 Å². The number of aromatic nitrogens is 4. The normalized spacial score (nSPS) is 25.4. The molecule has 2 amide bonds. The van der Waals surface area contributed by atoms with Gasteiger partial charge in [-0.2, -0.15) is 4.90 Å². The van der Waals surface area contributed by atoms with E-state index in [4.69, 9.17) is 24.7 Å². The second kappa shape index (κ2) is 11.6. The minimum absolute atomic E-state index is 0.0184. The maximum Gasteiger partial charge on any atom is 0.425 e. The van der Waals surface area contributed by atoms with Crippen LogP contribution in [0, 0.1) is 17.2 Å². The number of carbonyl (C=O) groups excluding carboxylic acids is 2. The van der Waals surface area contributed by atoms with Gasteiger partial charge < -0.3 is 29.2 Å². The second-order valence-corrected chi connectivity index (χ2v) is 16.9. The molecule has 3 aliphatic rings. The van der Waals surface area contributed by atoms with Gasteiger partial charge in [0, 0.05) is 17.0 Å². The first-order chi connectivity index (χ1) is 23.3. The van der Waals surface area contributed by atoms with E-state index >= 15 is 4.39 Å². The molecule has 266 valence electrons. The molecule has 0 bridgehead atoms. The van der Waals surface area contributed by atoms with E-state index in [2.05, 4.69) is 35.4 Å². The number of nitrogen functional groups attached to an aromatic ring is 1. The van der Waals surface area contributed by atoms with Crippen molar-refractivity contribution >= 4 is 61.7 Å². The summed E-state index contributed by atoms with van der Waals surface area (Å²) in [6.45, 7) is 14.0. The van der Waals surface area contributed by atoms with E-state index in [9.17, 15) is 9.59 Å². The molecule has 14 heteroatoms. The Morgan fingerprint density at radius 3 is 2.40 bits per heavy atom. The molecule has 2 N–H and O–H groups in total. The van der Waals surface area contributed by atoms with Gasteiger partial charge in [0.05, 0.1) is 27.5 Å². The van der Waals surface area contributed by atoms with E-state index in [1.54, 1.807) is 47.6 Å². The molecule has 3 fully saturated rings. The summed E-state index contributed by atoms with van der Waals surface area (Å²) in [7, 11) is 0. The molecular formula is C36H42BrFN6O6. The number of carbonyl (C=O) groups is 2. The smallest absolute Gasteiger partial charge is 0.425 e. The Bertz CT molecular complexity index is 2010. The van der Waals surface area contributed by atoms with Crippen LogP contribution in [0.25, 0.3) is 21.9 Å². The lowest BCUT2D eigenvalue weighted by Gasteiger charge is -2.28. The van der Waals surface area contributed by atoms with Crippen LogP contribution in [0.4, 0.5) is 25.6 Å². The average molecular weight is 754 g/mol. The number of aryl methyl sites for hydroxylation is 1. The molecule has 2 saturated carbocycles. The number of hydrogen-bond acceptors (Lipinski definition) is 10. The molecule has 7 rings (SSSR count). The summed E-state index contributed by atoms with van der Waals surface area (Å²) >= 11 is 3.40. The van der Waals surface area contributed by atoms with E-state index in [1.165, 1.54) is 18.5 Å². The van der Waals surface area contributed by atoms with Gasteiger partial charge >= 0.3 is 12.2 Å². The SMILES string of the molecule is CC(C)(C)OC(=O)N(C(=O)OC(C)(C)C)c1nc2cc(CCC34C[C@@H]3[C@@H](n3ccc5c(N)ncnc53)C3OC(C)(C)OC34)cc(F)c2cc1Br. The van der Waals surface area contributed by atoms with Crippen LogP contribution in [-0.4, -0.2) is 60.9 Å². The predicted octanol–water partition coefficient (Wildman–Crippen LogP) is 7.85. The summed E-state index contributed by atoms with van der Waals surface area (Å²) < 4.78 is 42.3. The Labute approximate surface area is 297 Å². The Kier molecular flexibility index (Phi) is 8.00. The topological polar surface area (TPSA) is 144 Å². The van der Waals surface area contributed by atoms with Crippen LogP contribution < -0.4 is 10.6 Å². The monoisotopic (exact) mass is 752 g/mol. The molecule has 50 heavy (non-hydrogen) atoms. The van der Waals surface area contributed by atoms with Crippen LogP contribution >= 0.6 is 15.9 Å². The van der Waals surface area contributed by atoms with E-state index in [-0.39, 0.29) is 50.8 Å². The van der Waals surface area contributed by atoms with Gasteiger partial charge in [0.1, 0.15) is 40.9 Å². The van der Waals surface area contributed by atoms with Crippen LogP contribution in [0.5, 0.6) is 0 Å². The molecule has 5 atom stereocenters. The van der Waals surface area contributed by atoms with Crippen molar-refractivity contribution in [2.75, 3.05) is 10.6 Å². The third kappa shape index (κ3) is 6.08. The zero-order valence-corrected chi connectivity index (χ0v) is 31.0. The van der Waals surface area contributed by atoms with Crippen LogP contribution in [-0.2, 0) is 25.4 Å². The molecule has 0 spiro atoms. The van der Waals surface area contributed by atoms with Gasteiger partial charge in [-0.05, 0) is 126 Å². The van der Waals surface area contributed by atoms with Crippen molar-refractivity contribution < 1.29 is 32.9 Å². The summed E-state index contributed by atoms with van der Waals surface area (Å²) in [5, 5.41) is 1.03. The van der Waals surface area contributed by atoms with E-state index < -0.39 is 35.0 Å². The fraction of sp³-hybridized carbons (Fsp3) is 0.528. The minimum atomic E-state index is -0.966.